The van der Waals surface area contributed by atoms with E-state index in [1.807, 2.05) is 13.8 Å². The Kier molecular flexibility index (Phi) is 5.24. The van der Waals surface area contributed by atoms with Crippen molar-refractivity contribution < 1.29 is 4.79 Å². The van der Waals surface area contributed by atoms with Crippen LogP contribution < -0.4 is 0 Å². The average Bonchev–Trinajstić information content (AvgIpc) is 2.26. The molecular weight excluding hydrogens is 196 g/mol. The Balaban J connectivity index is 2.30. The third-order valence-corrected chi connectivity index (χ3v) is 3.97. The smallest absolute Gasteiger partial charge is 0.135 e. The predicted molar refractivity (Wildman–Crippen MR) is 69.3 cm³/mol. The van der Waals surface area contributed by atoms with E-state index in [-0.39, 0.29) is 5.92 Å². The molecule has 16 heavy (non-hydrogen) atoms. The van der Waals surface area contributed by atoms with Gasteiger partial charge in [0.15, 0.2) is 0 Å². The first kappa shape index (κ1) is 13.5. The van der Waals surface area contributed by atoms with E-state index in [0.717, 1.165) is 18.8 Å². The molecule has 0 unspecified atom stereocenters. The van der Waals surface area contributed by atoms with Crippen molar-refractivity contribution in [2.45, 2.75) is 59.8 Å². The zero-order chi connectivity index (χ0) is 12.1. The summed E-state index contributed by atoms with van der Waals surface area (Å²) in [6.45, 7) is 8.54. The molecule has 0 radical (unpaired) electrons. The minimum atomic E-state index is 0.209. The number of hydrogen-bond donors (Lipinski definition) is 0. The Morgan fingerprint density at radius 2 is 2.12 bits per heavy atom. The number of rotatable bonds is 5. The van der Waals surface area contributed by atoms with Gasteiger partial charge in [-0.2, -0.15) is 0 Å². The Morgan fingerprint density at radius 1 is 1.44 bits per heavy atom. The second kappa shape index (κ2) is 6.22. The summed E-state index contributed by atoms with van der Waals surface area (Å²) in [7, 11) is 0. The topological polar surface area (TPSA) is 17.1 Å². The van der Waals surface area contributed by atoms with Crippen molar-refractivity contribution >= 4 is 5.78 Å². The van der Waals surface area contributed by atoms with Crippen LogP contribution >= 0.6 is 0 Å². The molecule has 0 amide bonds. The van der Waals surface area contributed by atoms with E-state index in [4.69, 9.17) is 0 Å². The van der Waals surface area contributed by atoms with Gasteiger partial charge in [0.1, 0.15) is 5.78 Å². The molecular formula is C15H26O. The fourth-order valence-electron chi connectivity index (χ4n) is 2.40. The molecule has 0 spiro atoms. The van der Waals surface area contributed by atoms with Crippen LogP contribution in [0.1, 0.15) is 59.8 Å². The van der Waals surface area contributed by atoms with E-state index in [2.05, 4.69) is 19.9 Å². The molecule has 0 aromatic rings. The van der Waals surface area contributed by atoms with Gasteiger partial charge in [-0.3, -0.25) is 4.79 Å². The number of Topliss-reactive ketones (excluding diaryl/α,β-unsaturated/α-hetero) is 1. The lowest BCUT2D eigenvalue weighted by atomic mass is 9.79. The molecule has 0 saturated carbocycles. The molecule has 0 bridgehead atoms. The summed E-state index contributed by atoms with van der Waals surface area (Å²) in [5.41, 5.74) is 1.54. The quantitative estimate of drug-likeness (QED) is 0.631. The van der Waals surface area contributed by atoms with Gasteiger partial charge in [0.2, 0.25) is 0 Å². The SMILES string of the molecule is CC1=CC[C@H]([C@H](C)CCC(=O)C(C)C)CC1. The van der Waals surface area contributed by atoms with Crippen LogP contribution in [-0.2, 0) is 4.79 Å². The Hall–Kier alpha value is -0.590. The van der Waals surface area contributed by atoms with Crippen LogP contribution in [0.25, 0.3) is 0 Å². The van der Waals surface area contributed by atoms with E-state index < -0.39 is 0 Å². The maximum atomic E-state index is 11.6. The molecule has 1 rings (SSSR count). The highest BCUT2D eigenvalue weighted by atomic mass is 16.1. The van der Waals surface area contributed by atoms with Gasteiger partial charge in [0, 0.05) is 12.3 Å². The number of carbonyl (C=O) groups is 1. The molecule has 1 nitrogen and oxygen atoms in total. The number of ketones is 1. The Bertz CT molecular complexity index is 263. The lowest BCUT2D eigenvalue weighted by Crippen LogP contribution is -2.16. The van der Waals surface area contributed by atoms with E-state index in [1.54, 1.807) is 5.57 Å². The molecule has 2 atom stereocenters. The van der Waals surface area contributed by atoms with Gasteiger partial charge in [0.05, 0.1) is 0 Å². The first-order valence-electron chi connectivity index (χ1n) is 6.69. The van der Waals surface area contributed by atoms with E-state index >= 15 is 0 Å². The minimum Gasteiger partial charge on any atom is -0.299 e. The predicted octanol–water partition coefficient (Wildman–Crippen LogP) is 4.37. The Labute approximate surface area is 100 Å². The molecule has 1 heteroatoms. The van der Waals surface area contributed by atoms with Gasteiger partial charge in [0.25, 0.3) is 0 Å². The van der Waals surface area contributed by atoms with Crippen molar-refractivity contribution in [3.63, 3.8) is 0 Å². The molecule has 1 aliphatic carbocycles. The summed E-state index contributed by atoms with van der Waals surface area (Å²) >= 11 is 0. The van der Waals surface area contributed by atoms with E-state index in [1.165, 1.54) is 19.3 Å². The molecule has 0 aliphatic heterocycles. The summed E-state index contributed by atoms with van der Waals surface area (Å²) < 4.78 is 0. The van der Waals surface area contributed by atoms with Crippen LogP contribution in [0, 0.1) is 17.8 Å². The lowest BCUT2D eigenvalue weighted by molar-refractivity contribution is -0.122. The highest BCUT2D eigenvalue weighted by Crippen LogP contribution is 2.31. The fraction of sp³-hybridized carbons (Fsp3) is 0.800. The van der Waals surface area contributed by atoms with Gasteiger partial charge in [-0.15, -0.1) is 0 Å². The van der Waals surface area contributed by atoms with Gasteiger partial charge < -0.3 is 0 Å². The summed E-state index contributed by atoms with van der Waals surface area (Å²) in [5.74, 6) is 2.14. The van der Waals surface area contributed by atoms with Gasteiger partial charge in [-0.05, 0) is 44.4 Å². The summed E-state index contributed by atoms with van der Waals surface area (Å²) in [5, 5.41) is 0. The van der Waals surface area contributed by atoms with Crippen LogP contribution in [-0.4, -0.2) is 5.78 Å². The largest absolute Gasteiger partial charge is 0.299 e. The van der Waals surface area contributed by atoms with Crippen molar-refractivity contribution in [1.82, 2.24) is 0 Å². The minimum absolute atomic E-state index is 0.209. The van der Waals surface area contributed by atoms with Crippen molar-refractivity contribution in [2.24, 2.45) is 17.8 Å². The van der Waals surface area contributed by atoms with Crippen molar-refractivity contribution in [3.8, 4) is 0 Å². The fourth-order valence-corrected chi connectivity index (χ4v) is 2.40. The molecule has 92 valence electrons. The zero-order valence-electron chi connectivity index (χ0n) is 11.3. The highest BCUT2D eigenvalue weighted by molar-refractivity contribution is 5.80. The monoisotopic (exact) mass is 222 g/mol. The number of carbonyl (C=O) groups excluding carboxylic acids is 1. The standard InChI is InChI=1S/C15H26O/c1-11(2)15(16)10-7-13(4)14-8-5-12(3)6-9-14/h5,11,13-14H,6-10H2,1-4H3/t13-,14+/m1/s1. The van der Waals surface area contributed by atoms with Gasteiger partial charge in [-0.25, -0.2) is 0 Å². The maximum absolute atomic E-state index is 11.6. The summed E-state index contributed by atoms with van der Waals surface area (Å²) in [6.07, 6.45) is 8.04. The lowest BCUT2D eigenvalue weighted by Gasteiger charge is -2.26. The van der Waals surface area contributed by atoms with Crippen LogP contribution in [0.2, 0.25) is 0 Å². The van der Waals surface area contributed by atoms with Crippen LogP contribution in [0.3, 0.4) is 0 Å². The second-order valence-electron chi connectivity index (χ2n) is 5.72. The summed E-state index contributed by atoms with van der Waals surface area (Å²) in [6, 6.07) is 0. The molecule has 0 heterocycles. The maximum Gasteiger partial charge on any atom is 0.135 e. The van der Waals surface area contributed by atoms with Gasteiger partial charge in [-0.1, -0.05) is 32.4 Å². The van der Waals surface area contributed by atoms with E-state index in [0.29, 0.717) is 11.7 Å². The van der Waals surface area contributed by atoms with Crippen LogP contribution in [0.5, 0.6) is 0 Å². The Morgan fingerprint density at radius 3 is 2.62 bits per heavy atom. The average molecular weight is 222 g/mol. The van der Waals surface area contributed by atoms with Crippen LogP contribution in [0.4, 0.5) is 0 Å². The molecule has 0 aromatic carbocycles. The highest BCUT2D eigenvalue weighted by Gasteiger charge is 2.20. The molecule has 0 saturated heterocycles. The first-order valence-corrected chi connectivity index (χ1v) is 6.69. The number of hydrogen-bond acceptors (Lipinski definition) is 1. The zero-order valence-corrected chi connectivity index (χ0v) is 11.3. The summed E-state index contributed by atoms with van der Waals surface area (Å²) in [4.78, 5) is 11.6. The number of allylic oxidation sites excluding steroid dienone is 2. The van der Waals surface area contributed by atoms with Gasteiger partial charge >= 0.3 is 0 Å². The van der Waals surface area contributed by atoms with Crippen molar-refractivity contribution in [2.75, 3.05) is 0 Å². The molecule has 1 aliphatic rings. The molecule has 0 N–H and O–H groups in total. The van der Waals surface area contributed by atoms with Crippen molar-refractivity contribution in [3.05, 3.63) is 11.6 Å². The van der Waals surface area contributed by atoms with Crippen molar-refractivity contribution in [1.29, 1.82) is 0 Å². The van der Waals surface area contributed by atoms with E-state index in [9.17, 15) is 4.79 Å². The molecule has 0 aromatic heterocycles. The second-order valence-corrected chi connectivity index (χ2v) is 5.72. The third kappa shape index (κ3) is 4.11. The molecule has 0 fully saturated rings. The first-order chi connectivity index (χ1) is 7.50. The van der Waals surface area contributed by atoms with Crippen LogP contribution in [0.15, 0.2) is 11.6 Å². The third-order valence-electron chi connectivity index (χ3n) is 3.97. The normalized spacial score (nSPS) is 23.1.